The average molecular weight is 381 g/mol. The van der Waals surface area contributed by atoms with Crippen molar-refractivity contribution in [3.05, 3.63) is 68.4 Å². The molecule has 0 radical (unpaired) electrons. The van der Waals surface area contributed by atoms with Gasteiger partial charge >= 0.3 is 0 Å². The van der Waals surface area contributed by atoms with Crippen LogP contribution in [-0.2, 0) is 16.8 Å². The van der Waals surface area contributed by atoms with Gasteiger partial charge in [-0.05, 0) is 61.9 Å². The number of nitrogens with zero attached hydrogens (tertiary/aromatic N) is 1. The normalized spacial score (nSPS) is 15.2. The zero-order valence-corrected chi connectivity index (χ0v) is 16.2. The Kier molecular flexibility index (Phi) is 5.64. The van der Waals surface area contributed by atoms with Gasteiger partial charge in [0.15, 0.2) is 0 Å². The van der Waals surface area contributed by atoms with E-state index in [2.05, 4.69) is 10.3 Å². The van der Waals surface area contributed by atoms with Crippen molar-refractivity contribution in [2.75, 3.05) is 0 Å². The minimum absolute atomic E-state index is 0.0882. The highest BCUT2D eigenvalue weighted by atomic mass is 19.1. The molecule has 2 N–H and O–H groups in total. The largest absolute Gasteiger partial charge is 0.347 e. The minimum atomic E-state index is -0.447. The first-order chi connectivity index (χ1) is 13.4. The van der Waals surface area contributed by atoms with Crippen LogP contribution in [0.1, 0.15) is 60.1 Å². The summed E-state index contributed by atoms with van der Waals surface area (Å²) in [5, 5.41) is 12.4. The number of nitrogens with one attached hydrogen (secondary N) is 2. The van der Waals surface area contributed by atoms with Gasteiger partial charge in [0.05, 0.1) is 5.54 Å². The molecule has 1 aromatic carbocycles. The van der Waals surface area contributed by atoms with Gasteiger partial charge in [0.2, 0.25) is 5.91 Å². The first-order valence-electron chi connectivity index (χ1n) is 9.56. The molecular weight excluding hydrogens is 357 g/mol. The summed E-state index contributed by atoms with van der Waals surface area (Å²) in [7, 11) is 0. The Balaban J connectivity index is 1.76. The van der Waals surface area contributed by atoms with E-state index in [0.717, 1.165) is 36.8 Å². The molecule has 1 amide bonds. The summed E-state index contributed by atoms with van der Waals surface area (Å²) in [5.41, 5.74) is 2.33. The van der Waals surface area contributed by atoms with E-state index in [1.54, 1.807) is 26.0 Å². The molecule has 2 aromatic rings. The number of carbonyl (C=O) groups excluding carboxylic acids is 1. The van der Waals surface area contributed by atoms with Crippen molar-refractivity contribution in [1.29, 1.82) is 5.26 Å². The van der Waals surface area contributed by atoms with Crippen LogP contribution in [0.25, 0.3) is 0 Å². The summed E-state index contributed by atoms with van der Waals surface area (Å²) in [5.74, 6) is -0.379. The Morgan fingerprint density at radius 3 is 2.50 bits per heavy atom. The lowest BCUT2D eigenvalue weighted by Gasteiger charge is -2.31. The van der Waals surface area contributed by atoms with Gasteiger partial charge in [-0.15, -0.1) is 0 Å². The lowest BCUT2D eigenvalue weighted by Crippen LogP contribution is -2.44. The van der Waals surface area contributed by atoms with Crippen molar-refractivity contribution in [1.82, 2.24) is 10.3 Å². The fourth-order valence-electron chi connectivity index (χ4n) is 4.22. The summed E-state index contributed by atoms with van der Waals surface area (Å²) in [4.78, 5) is 27.3. The van der Waals surface area contributed by atoms with E-state index in [-0.39, 0.29) is 23.7 Å². The molecule has 1 aliphatic rings. The third-order valence-corrected chi connectivity index (χ3v) is 5.75. The Bertz CT molecular complexity index is 981. The van der Waals surface area contributed by atoms with Crippen LogP contribution in [-0.4, -0.2) is 10.9 Å². The van der Waals surface area contributed by atoms with Crippen LogP contribution in [0.2, 0.25) is 0 Å². The summed E-state index contributed by atoms with van der Waals surface area (Å²) < 4.78 is 13.3. The molecule has 0 saturated heterocycles. The van der Waals surface area contributed by atoms with Gasteiger partial charge in [0.1, 0.15) is 17.4 Å². The molecular formula is C22H24FN3O2. The Hall–Kier alpha value is -2.94. The fourth-order valence-corrected chi connectivity index (χ4v) is 4.22. The number of hydrogen-bond donors (Lipinski definition) is 2. The topological polar surface area (TPSA) is 85.8 Å². The second-order valence-electron chi connectivity index (χ2n) is 7.51. The van der Waals surface area contributed by atoms with E-state index in [4.69, 9.17) is 0 Å². The minimum Gasteiger partial charge on any atom is -0.347 e. The number of carbonyl (C=O) groups is 1. The van der Waals surface area contributed by atoms with E-state index in [9.17, 15) is 19.2 Å². The van der Waals surface area contributed by atoms with Crippen molar-refractivity contribution >= 4 is 5.91 Å². The first-order valence-corrected chi connectivity index (χ1v) is 9.56. The van der Waals surface area contributed by atoms with E-state index < -0.39 is 11.1 Å². The fraction of sp³-hybridized carbons (Fsp3) is 0.409. The molecule has 6 heteroatoms. The highest BCUT2D eigenvalue weighted by molar-refractivity contribution is 5.77. The number of aryl methyl sites for hydroxylation is 1. The van der Waals surface area contributed by atoms with Gasteiger partial charge in [0.25, 0.3) is 5.56 Å². The molecule has 3 rings (SSSR count). The first kappa shape index (κ1) is 19.8. The predicted molar refractivity (Wildman–Crippen MR) is 104 cm³/mol. The van der Waals surface area contributed by atoms with E-state index in [0.29, 0.717) is 17.7 Å². The molecule has 1 aliphatic carbocycles. The second-order valence-corrected chi connectivity index (χ2v) is 7.51. The SMILES string of the molecule is Cc1[nH]c(=O)c(C#N)c(C)c1CCC(=O)NC1(c2ccc(F)cc2)CCCC1. The number of hydrogen-bond acceptors (Lipinski definition) is 3. The second kappa shape index (κ2) is 7.97. The maximum atomic E-state index is 13.3. The van der Waals surface area contributed by atoms with Crippen molar-refractivity contribution in [2.24, 2.45) is 0 Å². The summed E-state index contributed by atoms with van der Waals surface area (Å²) in [6, 6.07) is 8.28. The number of amides is 1. The average Bonchev–Trinajstić information content (AvgIpc) is 3.11. The molecule has 1 saturated carbocycles. The lowest BCUT2D eigenvalue weighted by molar-refractivity contribution is -0.123. The van der Waals surface area contributed by atoms with Crippen LogP contribution in [0.4, 0.5) is 4.39 Å². The lowest BCUT2D eigenvalue weighted by atomic mass is 9.87. The number of rotatable bonds is 5. The maximum Gasteiger partial charge on any atom is 0.266 e. The molecule has 0 unspecified atom stereocenters. The standard InChI is InChI=1S/C22H24FN3O2/c1-14-18(15(2)25-21(28)19(14)13-24)9-10-20(27)26-22(11-3-4-12-22)16-5-7-17(23)8-6-16/h5-8H,3-4,9-12H2,1-2H3,(H,25,28)(H,26,27). The molecule has 1 fully saturated rings. The van der Waals surface area contributed by atoms with Crippen molar-refractivity contribution < 1.29 is 9.18 Å². The number of halogens is 1. The Morgan fingerprint density at radius 2 is 1.89 bits per heavy atom. The number of pyridine rings is 1. The van der Waals surface area contributed by atoms with Crippen molar-refractivity contribution in [3.8, 4) is 6.07 Å². The third-order valence-electron chi connectivity index (χ3n) is 5.75. The molecule has 0 atom stereocenters. The molecule has 1 aromatic heterocycles. The summed E-state index contributed by atoms with van der Waals surface area (Å²) >= 11 is 0. The van der Waals surface area contributed by atoms with Gasteiger partial charge in [-0.3, -0.25) is 9.59 Å². The van der Waals surface area contributed by atoms with Gasteiger partial charge in [0, 0.05) is 12.1 Å². The number of H-pyrrole nitrogens is 1. The van der Waals surface area contributed by atoms with Gasteiger partial charge in [-0.2, -0.15) is 5.26 Å². The predicted octanol–water partition coefficient (Wildman–Crippen LogP) is 3.52. The Morgan fingerprint density at radius 1 is 1.25 bits per heavy atom. The van der Waals surface area contributed by atoms with Crippen LogP contribution in [0, 0.1) is 31.0 Å². The van der Waals surface area contributed by atoms with Gasteiger partial charge in [-0.1, -0.05) is 25.0 Å². The van der Waals surface area contributed by atoms with Gasteiger partial charge < -0.3 is 10.3 Å². The van der Waals surface area contributed by atoms with Crippen LogP contribution in [0.15, 0.2) is 29.1 Å². The van der Waals surface area contributed by atoms with E-state index >= 15 is 0 Å². The quantitative estimate of drug-likeness (QED) is 0.831. The number of benzene rings is 1. The summed E-state index contributed by atoms with van der Waals surface area (Å²) in [6.45, 7) is 3.52. The number of nitriles is 1. The zero-order chi connectivity index (χ0) is 20.3. The highest BCUT2D eigenvalue weighted by Crippen LogP contribution is 2.39. The van der Waals surface area contributed by atoms with E-state index in [1.807, 2.05) is 6.07 Å². The van der Waals surface area contributed by atoms with Gasteiger partial charge in [-0.25, -0.2) is 4.39 Å². The molecule has 0 bridgehead atoms. The maximum absolute atomic E-state index is 13.3. The van der Waals surface area contributed by atoms with Crippen molar-refractivity contribution in [2.45, 2.75) is 57.9 Å². The molecule has 1 heterocycles. The highest BCUT2D eigenvalue weighted by Gasteiger charge is 2.36. The van der Waals surface area contributed by atoms with Crippen molar-refractivity contribution in [3.63, 3.8) is 0 Å². The van der Waals surface area contributed by atoms with Crippen LogP contribution < -0.4 is 10.9 Å². The van der Waals surface area contributed by atoms with E-state index in [1.165, 1.54) is 12.1 Å². The number of aromatic nitrogens is 1. The summed E-state index contributed by atoms with van der Waals surface area (Å²) in [6.07, 6.45) is 4.39. The Labute approximate surface area is 163 Å². The number of aromatic amines is 1. The molecule has 0 spiro atoms. The molecule has 5 nitrogen and oxygen atoms in total. The third kappa shape index (κ3) is 3.84. The van der Waals surface area contributed by atoms with Crippen LogP contribution in [0.3, 0.4) is 0 Å². The zero-order valence-electron chi connectivity index (χ0n) is 16.2. The van der Waals surface area contributed by atoms with Crippen LogP contribution in [0.5, 0.6) is 0 Å². The smallest absolute Gasteiger partial charge is 0.266 e. The molecule has 146 valence electrons. The van der Waals surface area contributed by atoms with Crippen LogP contribution >= 0.6 is 0 Å². The monoisotopic (exact) mass is 381 g/mol. The molecule has 0 aliphatic heterocycles. The molecule has 28 heavy (non-hydrogen) atoms.